The zero-order chi connectivity index (χ0) is 26.3. The molecular formula is C27H33N3O4S. The third-order valence-corrected chi connectivity index (χ3v) is 5.54. The monoisotopic (exact) mass is 495 g/mol. The summed E-state index contributed by atoms with van der Waals surface area (Å²) < 4.78 is 5.26. The maximum atomic E-state index is 13.6. The van der Waals surface area contributed by atoms with Crippen LogP contribution in [0.15, 0.2) is 42.5 Å². The highest BCUT2D eigenvalue weighted by atomic mass is 32.1. The van der Waals surface area contributed by atoms with Gasteiger partial charge in [0.2, 0.25) is 0 Å². The zero-order valence-corrected chi connectivity index (χ0v) is 21.9. The SMILES string of the molecule is C#CN(C(=O)C(CS)NC(=O)OC(C)(C)C)C(C(=O)Nc1ccccc1C)c1ccc(C)cc1C. The minimum absolute atomic E-state index is 0.0464. The topological polar surface area (TPSA) is 87.7 Å². The number of para-hydroxylation sites is 1. The lowest BCUT2D eigenvalue weighted by Gasteiger charge is -2.31. The van der Waals surface area contributed by atoms with Gasteiger partial charge in [0.05, 0.1) is 0 Å². The van der Waals surface area contributed by atoms with Gasteiger partial charge < -0.3 is 15.4 Å². The fourth-order valence-corrected chi connectivity index (χ4v) is 3.76. The second-order valence-electron chi connectivity index (χ2n) is 9.29. The highest BCUT2D eigenvalue weighted by Gasteiger charge is 2.36. The lowest BCUT2D eigenvalue weighted by molar-refractivity contribution is -0.136. The Morgan fingerprint density at radius 1 is 1.09 bits per heavy atom. The summed E-state index contributed by atoms with van der Waals surface area (Å²) in [5.41, 5.74) is 3.08. The van der Waals surface area contributed by atoms with Gasteiger partial charge in [-0.25, -0.2) is 4.79 Å². The van der Waals surface area contributed by atoms with E-state index < -0.39 is 35.6 Å². The van der Waals surface area contributed by atoms with E-state index in [0.29, 0.717) is 11.3 Å². The average molecular weight is 496 g/mol. The Bertz CT molecular complexity index is 1130. The number of alkyl carbamates (subject to hydrolysis) is 1. The standard InChI is InChI=1S/C27H33N3O4S/c1-8-30(25(32)22(16-35)29-26(33)34-27(5,6)7)23(20-14-13-17(2)15-19(20)4)24(31)28-21-12-10-9-11-18(21)3/h1,9-15,22-23,35H,16H2,2-7H3,(H,28,31)(H,29,33). The third kappa shape index (κ3) is 7.52. The smallest absolute Gasteiger partial charge is 0.408 e. The van der Waals surface area contributed by atoms with Crippen LogP contribution in [0.1, 0.15) is 49.1 Å². The van der Waals surface area contributed by atoms with Gasteiger partial charge >= 0.3 is 6.09 Å². The molecule has 2 rings (SSSR count). The van der Waals surface area contributed by atoms with Crippen LogP contribution in [0.4, 0.5) is 10.5 Å². The number of aryl methyl sites for hydroxylation is 3. The number of ether oxygens (including phenoxy) is 1. The second kappa shape index (κ2) is 11.8. The van der Waals surface area contributed by atoms with Gasteiger partial charge in [-0.05, 0) is 64.3 Å². The van der Waals surface area contributed by atoms with E-state index in [2.05, 4.69) is 29.3 Å². The van der Waals surface area contributed by atoms with Crippen LogP contribution < -0.4 is 10.6 Å². The van der Waals surface area contributed by atoms with Crippen LogP contribution in [-0.4, -0.2) is 40.2 Å². The molecule has 8 heteroatoms. The molecule has 2 unspecified atom stereocenters. The Balaban J connectivity index is 2.46. The van der Waals surface area contributed by atoms with E-state index in [1.54, 1.807) is 39.0 Å². The van der Waals surface area contributed by atoms with Crippen molar-refractivity contribution in [1.29, 1.82) is 0 Å². The van der Waals surface area contributed by atoms with E-state index in [9.17, 15) is 14.4 Å². The number of hydrogen-bond acceptors (Lipinski definition) is 5. The number of benzene rings is 2. The Morgan fingerprint density at radius 2 is 1.74 bits per heavy atom. The Kier molecular flexibility index (Phi) is 9.38. The molecule has 0 heterocycles. The summed E-state index contributed by atoms with van der Waals surface area (Å²) in [6.45, 7) is 10.8. The number of amides is 3. The molecule has 3 amide bonds. The van der Waals surface area contributed by atoms with Crippen molar-refractivity contribution in [3.05, 3.63) is 64.7 Å². The van der Waals surface area contributed by atoms with Crippen molar-refractivity contribution in [2.24, 2.45) is 0 Å². The number of nitrogens with zero attached hydrogens (tertiary/aromatic N) is 1. The molecule has 0 fully saturated rings. The number of carbonyl (C=O) groups excluding carboxylic acids is 3. The maximum Gasteiger partial charge on any atom is 0.408 e. The minimum Gasteiger partial charge on any atom is -0.444 e. The molecule has 0 saturated carbocycles. The average Bonchev–Trinajstić information content (AvgIpc) is 2.76. The van der Waals surface area contributed by atoms with E-state index >= 15 is 0 Å². The number of anilines is 1. The normalized spacial score (nSPS) is 12.6. The lowest BCUT2D eigenvalue weighted by Crippen LogP contribution is -2.51. The van der Waals surface area contributed by atoms with Crippen molar-refractivity contribution < 1.29 is 19.1 Å². The summed E-state index contributed by atoms with van der Waals surface area (Å²) in [5, 5.41) is 5.40. The highest BCUT2D eigenvalue weighted by molar-refractivity contribution is 7.80. The van der Waals surface area contributed by atoms with Gasteiger partial charge in [0.1, 0.15) is 17.7 Å². The molecule has 0 spiro atoms. The lowest BCUT2D eigenvalue weighted by atomic mass is 9.96. The van der Waals surface area contributed by atoms with Crippen LogP contribution in [-0.2, 0) is 14.3 Å². The summed E-state index contributed by atoms with van der Waals surface area (Å²) >= 11 is 4.22. The van der Waals surface area contributed by atoms with Gasteiger partial charge in [-0.2, -0.15) is 12.6 Å². The number of rotatable bonds is 7. The number of nitrogens with one attached hydrogen (secondary N) is 2. The van der Waals surface area contributed by atoms with Crippen LogP contribution in [0.5, 0.6) is 0 Å². The van der Waals surface area contributed by atoms with Crippen molar-refractivity contribution in [3.8, 4) is 12.5 Å². The first-order valence-electron chi connectivity index (χ1n) is 11.2. The van der Waals surface area contributed by atoms with Gasteiger partial charge in [-0.1, -0.05) is 48.4 Å². The third-order valence-electron chi connectivity index (χ3n) is 5.18. The van der Waals surface area contributed by atoms with Crippen LogP contribution >= 0.6 is 12.6 Å². The fourth-order valence-electron chi connectivity index (χ4n) is 3.51. The van der Waals surface area contributed by atoms with Crippen molar-refractivity contribution in [2.75, 3.05) is 11.1 Å². The summed E-state index contributed by atoms with van der Waals surface area (Å²) in [4.78, 5) is 40.4. The zero-order valence-electron chi connectivity index (χ0n) is 21.0. The fraction of sp³-hybridized carbons (Fsp3) is 0.370. The number of terminal acetylenes is 1. The van der Waals surface area contributed by atoms with Gasteiger partial charge in [-0.3, -0.25) is 14.5 Å². The second-order valence-corrected chi connectivity index (χ2v) is 9.65. The maximum absolute atomic E-state index is 13.6. The molecular weight excluding hydrogens is 462 g/mol. The van der Waals surface area contributed by atoms with E-state index in [1.807, 2.05) is 45.0 Å². The van der Waals surface area contributed by atoms with Crippen LogP contribution in [0.25, 0.3) is 0 Å². The molecule has 2 aromatic carbocycles. The molecule has 2 aromatic rings. The molecule has 2 atom stereocenters. The van der Waals surface area contributed by atoms with E-state index in [0.717, 1.165) is 21.6 Å². The molecule has 0 bridgehead atoms. The van der Waals surface area contributed by atoms with Gasteiger partial charge in [0, 0.05) is 17.5 Å². The van der Waals surface area contributed by atoms with Crippen LogP contribution in [0.3, 0.4) is 0 Å². The summed E-state index contributed by atoms with van der Waals surface area (Å²) in [7, 11) is 0. The molecule has 0 aliphatic rings. The summed E-state index contributed by atoms with van der Waals surface area (Å²) in [6.07, 6.45) is 5.00. The van der Waals surface area contributed by atoms with E-state index in [4.69, 9.17) is 11.2 Å². The van der Waals surface area contributed by atoms with Crippen LogP contribution in [0.2, 0.25) is 0 Å². The van der Waals surface area contributed by atoms with Gasteiger partial charge in [0.15, 0.2) is 0 Å². The molecule has 0 radical (unpaired) electrons. The first-order chi connectivity index (χ1) is 16.4. The quantitative estimate of drug-likeness (QED) is 0.299. The number of carbonyl (C=O) groups is 3. The molecule has 0 aliphatic carbocycles. The predicted octanol–water partition coefficient (Wildman–Crippen LogP) is 4.53. The molecule has 186 valence electrons. The molecule has 0 aliphatic heterocycles. The van der Waals surface area contributed by atoms with Crippen LogP contribution in [0, 0.1) is 33.2 Å². The highest BCUT2D eigenvalue weighted by Crippen LogP contribution is 2.28. The molecule has 35 heavy (non-hydrogen) atoms. The van der Waals surface area contributed by atoms with E-state index in [1.165, 1.54) is 0 Å². The Morgan fingerprint density at radius 3 is 2.29 bits per heavy atom. The van der Waals surface area contributed by atoms with E-state index in [-0.39, 0.29) is 5.75 Å². The molecule has 2 N–H and O–H groups in total. The van der Waals surface area contributed by atoms with Crippen molar-refractivity contribution >= 4 is 36.2 Å². The van der Waals surface area contributed by atoms with Gasteiger partial charge in [0.25, 0.3) is 11.8 Å². The predicted molar refractivity (Wildman–Crippen MR) is 141 cm³/mol. The molecule has 7 nitrogen and oxygen atoms in total. The van der Waals surface area contributed by atoms with Crippen molar-refractivity contribution in [1.82, 2.24) is 10.2 Å². The van der Waals surface area contributed by atoms with Gasteiger partial charge in [-0.15, -0.1) is 0 Å². The first-order valence-corrected chi connectivity index (χ1v) is 11.8. The largest absolute Gasteiger partial charge is 0.444 e. The van der Waals surface area contributed by atoms with Crippen molar-refractivity contribution in [3.63, 3.8) is 0 Å². The first kappa shape index (κ1) is 27.8. The number of thiol groups is 1. The number of hydrogen-bond donors (Lipinski definition) is 3. The minimum atomic E-state index is -1.14. The molecule has 0 saturated heterocycles. The summed E-state index contributed by atoms with van der Waals surface area (Å²) in [6, 6.07) is 13.0. The Hall–Kier alpha value is -3.44. The Labute approximate surface area is 213 Å². The summed E-state index contributed by atoms with van der Waals surface area (Å²) in [5.74, 6) is -1.18. The van der Waals surface area contributed by atoms with Crippen molar-refractivity contribution in [2.45, 2.75) is 59.2 Å². The molecule has 0 aromatic heterocycles.